The van der Waals surface area contributed by atoms with Crippen LogP contribution in [-0.2, 0) is 17.7 Å². The minimum Gasteiger partial charge on any atom is -0.396 e. The SMILES string of the molecule is CCCCc1nc2c(N)nc3cc(C4CCN([C]5CCC(CO)CC5)CC4)sc3c2n1CC1CCOCC1. The highest BCUT2D eigenvalue weighted by Crippen LogP contribution is 2.42. The van der Waals surface area contributed by atoms with Gasteiger partial charge in [0.15, 0.2) is 5.82 Å². The topological polar surface area (TPSA) is 89.4 Å². The van der Waals surface area contributed by atoms with Gasteiger partial charge in [0.25, 0.3) is 0 Å². The van der Waals surface area contributed by atoms with Gasteiger partial charge in [-0.1, -0.05) is 13.3 Å². The molecule has 0 spiro atoms. The first kappa shape index (κ1) is 26.5. The Kier molecular flexibility index (Phi) is 8.21. The largest absolute Gasteiger partial charge is 0.396 e. The van der Waals surface area contributed by atoms with E-state index in [1.807, 2.05) is 11.3 Å². The van der Waals surface area contributed by atoms with E-state index in [0.29, 0.717) is 30.2 Å². The Morgan fingerprint density at radius 2 is 1.82 bits per heavy atom. The third-order valence-corrected chi connectivity index (χ3v) is 10.6. The van der Waals surface area contributed by atoms with Crippen LogP contribution < -0.4 is 5.73 Å². The molecule has 6 rings (SSSR count). The molecule has 3 aromatic rings. The number of aliphatic hydroxyl groups excluding tert-OH is 1. The maximum atomic E-state index is 9.49. The fourth-order valence-electron chi connectivity index (χ4n) is 6.84. The van der Waals surface area contributed by atoms with Crippen molar-refractivity contribution in [3.63, 3.8) is 0 Å². The van der Waals surface area contributed by atoms with Crippen molar-refractivity contribution in [3.8, 4) is 0 Å². The summed E-state index contributed by atoms with van der Waals surface area (Å²) in [5.74, 6) is 3.46. The van der Waals surface area contributed by atoms with Crippen molar-refractivity contribution in [2.45, 2.75) is 90.0 Å². The zero-order valence-electron chi connectivity index (χ0n) is 23.0. The number of hydrogen-bond donors (Lipinski definition) is 2. The third-order valence-electron chi connectivity index (χ3n) is 9.30. The Labute approximate surface area is 230 Å². The van der Waals surface area contributed by atoms with E-state index in [1.54, 1.807) is 6.04 Å². The number of aliphatic hydroxyl groups is 1. The van der Waals surface area contributed by atoms with Crippen LogP contribution in [0.25, 0.3) is 21.3 Å². The minimum atomic E-state index is 0.348. The van der Waals surface area contributed by atoms with E-state index in [4.69, 9.17) is 20.4 Å². The molecule has 3 aromatic heterocycles. The quantitative estimate of drug-likeness (QED) is 0.372. The summed E-state index contributed by atoms with van der Waals surface area (Å²) in [6.07, 6.45) is 12.5. The van der Waals surface area contributed by atoms with Gasteiger partial charge in [-0.05, 0) is 94.7 Å². The van der Waals surface area contributed by atoms with Gasteiger partial charge in [-0.2, -0.15) is 0 Å². The molecule has 3 N–H and O–H groups in total. The number of ether oxygens (including phenoxy) is 1. The number of rotatable bonds is 8. The lowest BCUT2D eigenvalue weighted by molar-refractivity contribution is 0.0613. The van der Waals surface area contributed by atoms with Crippen molar-refractivity contribution in [1.82, 2.24) is 19.4 Å². The van der Waals surface area contributed by atoms with E-state index < -0.39 is 0 Å². The van der Waals surface area contributed by atoms with Crippen LogP contribution in [0.2, 0.25) is 0 Å². The third kappa shape index (κ3) is 5.34. The van der Waals surface area contributed by atoms with E-state index in [9.17, 15) is 5.11 Å². The number of aryl methyl sites for hydroxylation is 1. The number of fused-ring (bicyclic) bond motifs is 3. The number of thiophene rings is 1. The molecular weight excluding hydrogens is 494 g/mol. The molecule has 0 unspecified atom stereocenters. The highest BCUT2D eigenvalue weighted by atomic mass is 32.1. The smallest absolute Gasteiger partial charge is 0.152 e. The molecule has 207 valence electrons. The number of hydrogen-bond acceptors (Lipinski definition) is 7. The summed E-state index contributed by atoms with van der Waals surface area (Å²) in [4.78, 5) is 14.1. The number of pyridine rings is 1. The molecule has 38 heavy (non-hydrogen) atoms. The maximum Gasteiger partial charge on any atom is 0.152 e. The van der Waals surface area contributed by atoms with E-state index in [0.717, 1.165) is 102 Å². The van der Waals surface area contributed by atoms with Crippen LogP contribution in [0.4, 0.5) is 5.82 Å². The van der Waals surface area contributed by atoms with Gasteiger partial charge in [-0.15, -0.1) is 11.3 Å². The standard InChI is InChI=1S/C30H44N5O2S/c1-2-3-4-26-33-27-28(35(26)18-20-11-15-37-16-12-20)29-24(32-30(27)31)17-25(38-29)22-9-13-34(14-10-22)23-7-5-21(19-36)6-8-23/h17,20-22,36H,2-16,18-19H2,1H3,(H2,31,32). The second-order valence-corrected chi connectivity index (χ2v) is 12.9. The van der Waals surface area contributed by atoms with Crippen molar-refractivity contribution in [2.24, 2.45) is 11.8 Å². The molecule has 3 fully saturated rings. The summed E-state index contributed by atoms with van der Waals surface area (Å²) >= 11 is 1.94. The molecule has 2 aliphatic heterocycles. The number of nitrogens with two attached hydrogens (primary N) is 1. The predicted octanol–water partition coefficient (Wildman–Crippen LogP) is 5.89. The summed E-state index contributed by atoms with van der Waals surface area (Å²) < 4.78 is 9.42. The van der Waals surface area contributed by atoms with Gasteiger partial charge in [-0.3, -0.25) is 4.90 Å². The first-order chi connectivity index (χ1) is 18.6. The zero-order chi connectivity index (χ0) is 26.1. The van der Waals surface area contributed by atoms with Gasteiger partial charge in [0, 0.05) is 43.7 Å². The molecule has 0 amide bonds. The van der Waals surface area contributed by atoms with Crippen molar-refractivity contribution < 1.29 is 9.84 Å². The van der Waals surface area contributed by atoms with Gasteiger partial charge < -0.3 is 20.1 Å². The number of piperidine rings is 1. The van der Waals surface area contributed by atoms with Gasteiger partial charge in [0.1, 0.15) is 11.3 Å². The Morgan fingerprint density at radius 1 is 1.05 bits per heavy atom. The summed E-state index contributed by atoms with van der Waals surface area (Å²) in [7, 11) is 0. The van der Waals surface area contributed by atoms with E-state index >= 15 is 0 Å². The number of unbranched alkanes of at least 4 members (excludes halogenated alkanes) is 1. The molecule has 5 heterocycles. The predicted molar refractivity (Wildman–Crippen MR) is 155 cm³/mol. The lowest BCUT2D eigenvalue weighted by Crippen LogP contribution is -2.38. The number of imidazole rings is 1. The monoisotopic (exact) mass is 538 g/mol. The Bertz CT molecular complexity index is 1220. The van der Waals surface area contributed by atoms with Gasteiger partial charge in [-0.25, -0.2) is 9.97 Å². The number of likely N-dealkylation sites (tertiary alicyclic amines) is 1. The molecule has 8 heteroatoms. The number of nitrogens with zero attached hydrogens (tertiary/aromatic N) is 4. The number of aromatic nitrogens is 3. The second kappa shape index (κ2) is 11.8. The summed E-state index contributed by atoms with van der Waals surface area (Å²) in [6, 6.07) is 3.95. The fraction of sp³-hybridized carbons (Fsp3) is 0.700. The highest BCUT2D eigenvalue weighted by molar-refractivity contribution is 7.20. The normalized spacial score (nSPS) is 21.7. The van der Waals surface area contributed by atoms with Gasteiger partial charge >= 0.3 is 0 Å². The van der Waals surface area contributed by atoms with Crippen LogP contribution >= 0.6 is 11.3 Å². The van der Waals surface area contributed by atoms with Crippen molar-refractivity contribution in [3.05, 3.63) is 22.8 Å². The fourth-order valence-corrected chi connectivity index (χ4v) is 8.17. The van der Waals surface area contributed by atoms with Crippen LogP contribution in [-0.4, -0.2) is 57.5 Å². The van der Waals surface area contributed by atoms with Crippen LogP contribution in [0.5, 0.6) is 0 Å². The van der Waals surface area contributed by atoms with Crippen LogP contribution in [0.1, 0.15) is 87.8 Å². The van der Waals surface area contributed by atoms with Crippen molar-refractivity contribution >= 4 is 38.4 Å². The summed E-state index contributed by atoms with van der Waals surface area (Å²) in [5.41, 5.74) is 9.71. The van der Waals surface area contributed by atoms with Crippen molar-refractivity contribution in [2.75, 3.05) is 38.6 Å². The van der Waals surface area contributed by atoms with E-state index in [1.165, 1.54) is 33.8 Å². The molecule has 0 bridgehead atoms. The number of nitrogen functional groups attached to an aromatic ring is 1. The highest BCUT2D eigenvalue weighted by Gasteiger charge is 2.31. The molecule has 1 aliphatic carbocycles. The molecule has 7 nitrogen and oxygen atoms in total. The maximum absolute atomic E-state index is 9.49. The molecule has 1 saturated carbocycles. The zero-order valence-corrected chi connectivity index (χ0v) is 23.8. The van der Waals surface area contributed by atoms with Gasteiger partial charge in [0.2, 0.25) is 0 Å². The van der Waals surface area contributed by atoms with Crippen molar-refractivity contribution in [1.29, 1.82) is 0 Å². The average molecular weight is 539 g/mol. The molecule has 0 aromatic carbocycles. The molecule has 0 atom stereocenters. The van der Waals surface area contributed by atoms with Crippen LogP contribution in [0, 0.1) is 17.9 Å². The van der Waals surface area contributed by atoms with E-state index in [2.05, 4.69) is 22.5 Å². The minimum absolute atomic E-state index is 0.348. The lowest BCUT2D eigenvalue weighted by Gasteiger charge is -2.39. The van der Waals surface area contributed by atoms with Crippen LogP contribution in [0.3, 0.4) is 0 Å². The lowest BCUT2D eigenvalue weighted by atomic mass is 9.84. The van der Waals surface area contributed by atoms with Gasteiger partial charge in [0.05, 0.1) is 15.7 Å². The average Bonchev–Trinajstić information content (AvgIpc) is 3.54. The Balaban J connectivity index is 1.26. The molecule has 3 aliphatic rings. The molecule has 1 radical (unpaired) electrons. The Hall–Kier alpha value is -1.74. The first-order valence-electron chi connectivity index (χ1n) is 15.0. The Morgan fingerprint density at radius 3 is 2.53 bits per heavy atom. The summed E-state index contributed by atoms with van der Waals surface area (Å²) in [5, 5.41) is 9.49. The molecular formula is C30H44N5O2S. The molecule has 2 saturated heterocycles. The second-order valence-electron chi connectivity index (χ2n) is 11.8. The van der Waals surface area contributed by atoms with Crippen LogP contribution in [0.15, 0.2) is 6.07 Å². The number of anilines is 1. The van der Waals surface area contributed by atoms with E-state index in [-0.39, 0.29) is 0 Å². The summed E-state index contributed by atoms with van der Waals surface area (Å²) in [6.45, 7) is 7.61. The first-order valence-corrected chi connectivity index (χ1v) is 15.8.